The molecule has 1 amide bonds. The van der Waals surface area contributed by atoms with Crippen molar-refractivity contribution in [3.05, 3.63) is 53.6 Å². The molecule has 2 rings (SSSR count). The van der Waals surface area contributed by atoms with Crippen LogP contribution in [0.4, 0.5) is 5.69 Å². The number of phenolic OH excluding ortho intramolecular Hbond substituents is 2. The number of rotatable bonds is 3. The molecule has 6 heteroatoms. The average Bonchev–Trinajstić information content (AvgIpc) is 2.47. The van der Waals surface area contributed by atoms with Gasteiger partial charge in [0.25, 0.3) is 5.91 Å². The van der Waals surface area contributed by atoms with Gasteiger partial charge in [-0.25, -0.2) is 5.43 Å². The minimum Gasteiger partial charge on any atom is -0.508 e. The molecule has 108 valence electrons. The predicted molar refractivity (Wildman–Crippen MR) is 80.3 cm³/mol. The zero-order valence-electron chi connectivity index (χ0n) is 11.4. The van der Waals surface area contributed by atoms with E-state index >= 15 is 0 Å². The van der Waals surface area contributed by atoms with E-state index in [1.807, 2.05) is 6.07 Å². The minimum atomic E-state index is -0.619. The molecule has 0 heterocycles. The van der Waals surface area contributed by atoms with E-state index in [2.05, 4.69) is 10.5 Å². The van der Waals surface area contributed by atoms with Crippen molar-refractivity contribution in [2.45, 2.75) is 6.92 Å². The number of hydrazone groups is 1. The van der Waals surface area contributed by atoms with Crippen LogP contribution in [0, 0.1) is 0 Å². The Kier molecular flexibility index (Phi) is 4.08. The highest BCUT2D eigenvalue weighted by atomic mass is 16.3. The first kappa shape index (κ1) is 14.4. The third-order valence-corrected chi connectivity index (χ3v) is 2.85. The Bertz CT molecular complexity index is 711. The van der Waals surface area contributed by atoms with Gasteiger partial charge in [-0.1, -0.05) is 12.1 Å². The number of carbonyl (C=O) groups is 1. The van der Waals surface area contributed by atoms with Crippen LogP contribution in [-0.2, 0) is 0 Å². The molecule has 6 nitrogen and oxygen atoms in total. The van der Waals surface area contributed by atoms with E-state index in [9.17, 15) is 15.0 Å². The van der Waals surface area contributed by atoms with Gasteiger partial charge >= 0.3 is 0 Å². The van der Waals surface area contributed by atoms with Crippen LogP contribution in [0.15, 0.2) is 47.6 Å². The molecule has 0 aliphatic heterocycles. The van der Waals surface area contributed by atoms with Crippen LogP contribution >= 0.6 is 0 Å². The Morgan fingerprint density at radius 1 is 1.19 bits per heavy atom. The molecule has 0 bridgehead atoms. The molecule has 21 heavy (non-hydrogen) atoms. The second-order valence-electron chi connectivity index (χ2n) is 4.47. The number of amides is 1. The number of hydrogen-bond acceptors (Lipinski definition) is 5. The summed E-state index contributed by atoms with van der Waals surface area (Å²) in [6.45, 7) is 1.72. The van der Waals surface area contributed by atoms with Gasteiger partial charge in [0.15, 0.2) is 0 Å². The van der Waals surface area contributed by atoms with Gasteiger partial charge in [0.05, 0.1) is 11.3 Å². The molecule has 0 saturated carbocycles. The third kappa shape index (κ3) is 3.50. The van der Waals surface area contributed by atoms with Gasteiger partial charge < -0.3 is 15.9 Å². The van der Waals surface area contributed by atoms with Crippen molar-refractivity contribution in [1.82, 2.24) is 5.43 Å². The van der Waals surface area contributed by atoms with Gasteiger partial charge in [-0.15, -0.1) is 0 Å². The van der Waals surface area contributed by atoms with E-state index in [-0.39, 0.29) is 17.1 Å². The average molecular weight is 285 g/mol. The van der Waals surface area contributed by atoms with E-state index in [0.29, 0.717) is 11.4 Å². The summed E-state index contributed by atoms with van der Waals surface area (Å²) in [6.07, 6.45) is 0. The van der Waals surface area contributed by atoms with E-state index in [1.54, 1.807) is 25.1 Å². The summed E-state index contributed by atoms with van der Waals surface area (Å²) in [6, 6.07) is 10.8. The summed E-state index contributed by atoms with van der Waals surface area (Å²) in [5.41, 5.74) is 9.88. The predicted octanol–water partition coefficient (Wildman–Crippen LogP) is 1.83. The molecular formula is C15H15N3O3. The number of hydrogen-bond donors (Lipinski definition) is 4. The lowest BCUT2D eigenvalue weighted by atomic mass is 10.1. The Morgan fingerprint density at radius 3 is 2.67 bits per heavy atom. The van der Waals surface area contributed by atoms with E-state index < -0.39 is 5.91 Å². The van der Waals surface area contributed by atoms with Crippen molar-refractivity contribution in [2.24, 2.45) is 5.10 Å². The fraction of sp³-hybridized carbons (Fsp3) is 0.0667. The van der Waals surface area contributed by atoms with Crippen LogP contribution in [-0.4, -0.2) is 21.8 Å². The van der Waals surface area contributed by atoms with E-state index in [1.165, 1.54) is 12.1 Å². The number of phenols is 2. The normalized spacial score (nSPS) is 11.2. The van der Waals surface area contributed by atoms with Crippen molar-refractivity contribution < 1.29 is 15.0 Å². The second kappa shape index (κ2) is 5.96. The SMILES string of the molecule is C/C(=N\NC(=O)c1cc(O)ccc1O)c1cccc(N)c1. The third-order valence-electron chi connectivity index (χ3n) is 2.85. The van der Waals surface area contributed by atoms with Crippen molar-refractivity contribution in [2.75, 3.05) is 5.73 Å². The fourth-order valence-corrected chi connectivity index (χ4v) is 1.73. The Morgan fingerprint density at radius 2 is 1.95 bits per heavy atom. The number of nitrogen functional groups attached to an aromatic ring is 1. The van der Waals surface area contributed by atoms with Gasteiger partial charge in [0.2, 0.25) is 0 Å². The van der Waals surface area contributed by atoms with Gasteiger partial charge in [-0.05, 0) is 42.8 Å². The van der Waals surface area contributed by atoms with Crippen molar-refractivity contribution in [3.8, 4) is 11.5 Å². The number of aromatic hydroxyl groups is 2. The molecule has 0 aromatic heterocycles. The zero-order valence-corrected chi connectivity index (χ0v) is 11.4. The largest absolute Gasteiger partial charge is 0.508 e. The quantitative estimate of drug-likeness (QED) is 0.298. The highest BCUT2D eigenvalue weighted by Crippen LogP contribution is 2.21. The molecule has 0 unspecified atom stereocenters. The van der Waals surface area contributed by atoms with Gasteiger partial charge in [-0.3, -0.25) is 4.79 Å². The van der Waals surface area contributed by atoms with Crippen LogP contribution in [0.1, 0.15) is 22.8 Å². The van der Waals surface area contributed by atoms with Crippen LogP contribution in [0.25, 0.3) is 0 Å². The lowest BCUT2D eigenvalue weighted by Crippen LogP contribution is -2.19. The summed E-state index contributed by atoms with van der Waals surface area (Å²) in [7, 11) is 0. The molecule has 0 radical (unpaired) electrons. The first-order valence-electron chi connectivity index (χ1n) is 6.20. The molecule has 0 fully saturated rings. The molecular weight excluding hydrogens is 270 g/mol. The molecule has 2 aromatic rings. The second-order valence-corrected chi connectivity index (χ2v) is 4.47. The monoisotopic (exact) mass is 285 g/mol. The van der Waals surface area contributed by atoms with Crippen LogP contribution in [0.5, 0.6) is 11.5 Å². The maximum Gasteiger partial charge on any atom is 0.275 e. The van der Waals surface area contributed by atoms with Crippen molar-refractivity contribution in [1.29, 1.82) is 0 Å². The zero-order chi connectivity index (χ0) is 15.4. The lowest BCUT2D eigenvalue weighted by molar-refractivity contribution is 0.0951. The molecule has 0 spiro atoms. The Hall–Kier alpha value is -3.02. The summed E-state index contributed by atoms with van der Waals surface area (Å²) >= 11 is 0. The first-order chi connectivity index (χ1) is 9.97. The summed E-state index contributed by atoms with van der Waals surface area (Å²) in [4.78, 5) is 11.9. The molecule has 0 aliphatic carbocycles. The van der Waals surface area contributed by atoms with Gasteiger partial charge in [0, 0.05) is 5.69 Å². The van der Waals surface area contributed by atoms with Crippen LogP contribution in [0.3, 0.4) is 0 Å². The lowest BCUT2D eigenvalue weighted by Gasteiger charge is -2.05. The molecule has 0 saturated heterocycles. The molecule has 2 aromatic carbocycles. The Labute approximate surface area is 121 Å². The van der Waals surface area contributed by atoms with Crippen molar-refractivity contribution in [3.63, 3.8) is 0 Å². The highest BCUT2D eigenvalue weighted by Gasteiger charge is 2.11. The van der Waals surface area contributed by atoms with Crippen LogP contribution < -0.4 is 11.2 Å². The van der Waals surface area contributed by atoms with Gasteiger partial charge in [-0.2, -0.15) is 5.10 Å². The number of nitrogens with zero attached hydrogens (tertiary/aromatic N) is 1. The summed E-state index contributed by atoms with van der Waals surface area (Å²) in [5.74, 6) is -0.969. The highest BCUT2D eigenvalue weighted by molar-refractivity contribution is 6.02. The first-order valence-corrected chi connectivity index (χ1v) is 6.20. The molecule has 0 atom stereocenters. The maximum absolute atomic E-state index is 11.9. The Balaban J connectivity index is 2.16. The fourth-order valence-electron chi connectivity index (χ4n) is 1.73. The number of anilines is 1. The number of benzene rings is 2. The number of nitrogens with two attached hydrogens (primary N) is 1. The topological polar surface area (TPSA) is 108 Å². The summed E-state index contributed by atoms with van der Waals surface area (Å²) < 4.78 is 0. The van der Waals surface area contributed by atoms with E-state index in [0.717, 1.165) is 11.6 Å². The molecule has 5 N–H and O–H groups in total. The van der Waals surface area contributed by atoms with E-state index in [4.69, 9.17) is 5.73 Å². The molecule has 0 aliphatic rings. The van der Waals surface area contributed by atoms with Crippen LogP contribution in [0.2, 0.25) is 0 Å². The minimum absolute atomic E-state index is 0.0564. The number of nitrogens with one attached hydrogen (secondary N) is 1. The standard InChI is InChI=1S/C15H15N3O3/c1-9(10-3-2-4-11(16)7-10)17-18-15(21)13-8-12(19)5-6-14(13)20/h2-8,19-20H,16H2,1H3,(H,18,21)/b17-9+. The number of carbonyl (C=O) groups excluding carboxylic acids is 1. The van der Waals surface area contributed by atoms with Crippen molar-refractivity contribution >= 4 is 17.3 Å². The smallest absolute Gasteiger partial charge is 0.275 e. The maximum atomic E-state index is 11.9. The summed E-state index contributed by atoms with van der Waals surface area (Å²) in [5, 5.41) is 22.9. The van der Waals surface area contributed by atoms with Gasteiger partial charge in [0.1, 0.15) is 11.5 Å².